The third-order valence-electron chi connectivity index (χ3n) is 3.41. The summed E-state index contributed by atoms with van der Waals surface area (Å²) >= 11 is 0. The van der Waals surface area contributed by atoms with Gasteiger partial charge in [-0.25, -0.2) is 4.79 Å². The number of nitriles is 1. The number of methoxy groups -OCH3 is 2. The van der Waals surface area contributed by atoms with Crippen LogP contribution >= 0.6 is 0 Å². The fourth-order valence-electron chi connectivity index (χ4n) is 2.07. The van der Waals surface area contributed by atoms with Gasteiger partial charge in [-0.1, -0.05) is 6.07 Å². The summed E-state index contributed by atoms with van der Waals surface area (Å²) in [4.78, 5) is 23.4. The molecular weight excluding hydrogens is 336 g/mol. The van der Waals surface area contributed by atoms with Gasteiger partial charge in [-0.2, -0.15) is 5.26 Å². The van der Waals surface area contributed by atoms with Crippen LogP contribution in [-0.2, 0) is 4.79 Å². The lowest BCUT2D eigenvalue weighted by Crippen LogP contribution is -2.12. The summed E-state index contributed by atoms with van der Waals surface area (Å²) in [5.41, 5.74) is 5.75. The molecule has 0 spiro atoms. The monoisotopic (exact) mass is 352 g/mol. The molecule has 2 N–H and O–H groups in total. The highest BCUT2D eigenvalue weighted by atomic mass is 16.6. The largest absolute Gasteiger partial charge is 0.497 e. The Bertz CT molecular complexity index is 895. The fourth-order valence-corrected chi connectivity index (χ4v) is 2.07. The molecule has 0 aliphatic heterocycles. The van der Waals surface area contributed by atoms with Gasteiger partial charge in [0.1, 0.15) is 17.4 Å². The van der Waals surface area contributed by atoms with Gasteiger partial charge < -0.3 is 19.9 Å². The van der Waals surface area contributed by atoms with E-state index in [9.17, 15) is 9.59 Å². The minimum absolute atomic E-state index is 0.197. The zero-order valence-electron chi connectivity index (χ0n) is 14.2. The summed E-state index contributed by atoms with van der Waals surface area (Å²) in [5, 5.41) is 8.89. The number of amides is 1. The van der Waals surface area contributed by atoms with Gasteiger partial charge in [-0.3, -0.25) is 4.79 Å². The van der Waals surface area contributed by atoms with Crippen LogP contribution in [0, 0.1) is 11.3 Å². The molecule has 132 valence electrons. The van der Waals surface area contributed by atoms with E-state index in [0.717, 1.165) is 0 Å². The quantitative estimate of drug-likeness (QED) is 0.369. The molecule has 0 heterocycles. The number of carbonyl (C=O) groups excluding carboxylic acids is 2. The Hall–Kier alpha value is -3.79. The highest BCUT2D eigenvalue weighted by Gasteiger charge is 2.13. The summed E-state index contributed by atoms with van der Waals surface area (Å²) in [6.45, 7) is 0. The van der Waals surface area contributed by atoms with Gasteiger partial charge in [0.05, 0.1) is 19.8 Å². The Kier molecular flexibility index (Phi) is 5.96. The summed E-state index contributed by atoms with van der Waals surface area (Å²) in [5.74, 6) is -0.311. The lowest BCUT2D eigenvalue weighted by atomic mass is 10.1. The number of primary amides is 1. The highest BCUT2D eigenvalue weighted by molar-refractivity contribution is 6.00. The normalized spacial score (nSPS) is 10.6. The molecule has 0 bridgehead atoms. The predicted octanol–water partition coefficient (Wildman–Crippen LogP) is 2.32. The Balaban J connectivity index is 2.25. The number of nitrogens with two attached hydrogens (primary N) is 1. The maximum Gasteiger partial charge on any atom is 0.343 e. The Morgan fingerprint density at radius 1 is 1.04 bits per heavy atom. The van der Waals surface area contributed by atoms with E-state index < -0.39 is 11.9 Å². The van der Waals surface area contributed by atoms with Crippen molar-refractivity contribution in [3.63, 3.8) is 0 Å². The first kappa shape index (κ1) is 18.5. The van der Waals surface area contributed by atoms with Crippen LogP contribution in [0.3, 0.4) is 0 Å². The number of benzene rings is 2. The second kappa shape index (κ2) is 8.35. The van der Waals surface area contributed by atoms with E-state index >= 15 is 0 Å². The number of nitrogens with zero attached hydrogens (tertiary/aromatic N) is 1. The molecule has 26 heavy (non-hydrogen) atoms. The third-order valence-corrected chi connectivity index (χ3v) is 3.41. The molecule has 0 saturated carbocycles. The minimum Gasteiger partial charge on any atom is -0.497 e. The standard InChI is InChI=1S/C19H16N2O5/c1-24-15-6-4-13(5-7-15)19(23)26-16-8-3-12(10-17(16)25-2)9-14(11-20)18(21)22/h3-10H,1-2H3,(H2,21,22)/b14-9-. The molecule has 0 aliphatic carbocycles. The number of esters is 1. The molecule has 0 atom stereocenters. The lowest BCUT2D eigenvalue weighted by molar-refractivity contribution is -0.114. The summed E-state index contributed by atoms with van der Waals surface area (Å²) < 4.78 is 15.6. The van der Waals surface area contributed by atoms with Gasteiger partial charge in [0.15, 0.2) is 11.5 Å². The van der Waals surface area contributed by atoms with Gasteiger partial charge in [-0.05, 0) is 48.0 Å². The van der Waals surface area contributed by atoms with Crippen molar-refractivity contribution in [3.05, 3.63) is 59.2 Å². The molecule has 0 fully saturated rings. The van der Waals surface area contributed by atoms with Crippen LogP contribution in [0.25, 0.3) is 6.08 Å². The smallest absolute Gasteiger partial charge is 0.343 e. The van der Waals surface area contributed by atoms with Crippen molar-refractivity contribution in [2.75, 3.05) is 14.2 Å². The van der Waals surface area contributed by atoms with Gasteiger partial charge in [0.25, 0.3) is 5.91 Å². The number of ether oxygens (including phenoxy) is 3. The summed E-state index contributed by atoms with van der Waals surface area (Å²) in [6, 6.07) is 12.8. The van der Waals surface area contributed by atoms with E-state index in [-0.39, 0.29) is 17.1 Å². The van der Waals surface area contributed by atoms with E-state index in [1.54, 1.807) is 36.4 Å². The van der Waals surface area contributed by atoms with Crippen LogP contribution in [0.1, 0.15) is 15.9 Å². The number of hydrogen-bond donors (Lipinski definition) is 1. The molecule has 1 amide bonds. The average molecular weight is 352 g/mol. The molecular formula is C19H16N2O5. The van der Waals surface area contributed by atoms with Crippen molar-refractivity contribution in [1.82, 2.24) is 0 Å². The second-order valence-electron chi connectivity index (χ2n) is 5.06. The van der Waals surface area contributed by atoms with E-state index in [1.165, 1.54) is 32.4 Å². The molecule has 2 aromatic rings. The molecule has 0 saturated heterocycles. The third kappa shape index (κ3) is 4.39. The maximum absolute atomic E-state index is 12.2. The van der Waals surface area contributed by atoms with Crippen molar-refractivity contribution >= 4 is 18.0 Å². The SMILES string of the molecule is COc1ccc(C(=O)Oc2ccc(/C=C(/C#N)C(N)=O)cc2OC)cc1. The van der Waals surface area contributed by atoms with E-state index in [2.05, 4.69) is 0 Å². The summed E-state index contributed by atoms with van der Waals surface area (Å²) in [7, 11) is 2.94. The number of hydrogen-bond acceptors (Lipinski definition) is 6. The van der Waals surface area contributed by atoms with E-state index in [0.29, 0.717) is 16.9 Å². The first-order valence-electron chi connectivity index (χ1n) is 7.44. The molecule has 7 heteroatoms. The fraction of sp³-hybridized carbons (Fsp3) is 0.105. The molecule has 0 radical (unpaired) electrons. The van der Waals surface area contributed by atoms with Crippen molar-refractivity contribution in [1.29, 1.82) is 5.26 Å². The van der Waals surface area contributed by atoms with Gasteiger partial charge in [0, 0.05) is 0 Å². The maximum atomic E-state index is 12.2. The molecule has 2 aromatic carbocycles. The van der Waals surface area contributed by atoms with Crippen molar-refractivity contribution in [2.24, 2.45) is 5.73 Å². The van der Waals surface area contributed by atoms with Gasteiger partial charge in [-0.15, -0.1) is 0 Å². The van der Waals surface area contributed by atoms with Gasteiger partial charge >= 0.3 is 5.97 Å². The van der Waals surface area contributed by atoms with Crippen LogP contribution in [0.4, 0.5) is 0 Å². The molecule has 0 aliphatic rings. The Labute approximate surface area is 150 Å². The highest BCUT2D eigenvalue weighted by Crippen LogP contribution is 2.29. The zero-order chi connectivity index (χ0) is 19.1. The topological polar surface area (TPSA) is 112 Å². The predicted molar refractivity (Wildman–Crippen MR) is 93.7 cm³/mol. The van der Waals surface area contributed by atoms with Crippen LogP contribution < -0.4 is 19.9 Å². The first-order valence-corrected chi connectivity index (χ1v) is 7.44. The molecule has 2 rings (SSSR count). The van der Waals surface area contributed by atoms with Crippen molar-refractivity contribution in [2.45, 2.75) is 0 Å². The summed E-state index contributed by atoms with van der Waals surface area (Å²) in [6.07, 6.45) is 1.32. The van der Waals surface area contributed by atoms with Gasteiger partial charge in [0.2, 0.25) is 0 Å². The van der Waals surface area contributed by atoms with Crippen LogP contribution in [-0.4, -0.2) is 26.1 Å². The van der Waals surface area contributed by atoms with E-state index in [1.807, 2.05) is 0 Å². The van der Waals surface area contributed by atoms with Crippen molar-refractivity contribution in [3.8, 4) is 23.3 Å². The zero-order valence-corrected chi connectivity index (χ0v) is 14.2. The molecule has 0 aromatic heterocycles. The van der Waals surface area contributed by atoms with Crippen LogP contribution in [0.5, 0.6) is 17.2 Å². The molecule has 7 nitrogen and oxygen atoms in total. The number of carbonyl (C=O) groups is 2. The van der Waals surface area contributed by atoms with Crippen LogP contribution in [0.15, 0.2) is 48.0 Å². The van der Waals surface area contributed by atoms with Crippen molar-refractivity contribution < 1.29 is 23.8 Å². The average Bonchev–Trinajstić information content (AvgIpc) is 2.66. The Morgan fingerprint density at radius 2 is 1.73 bits per heavy atom. The lowest BCUT2D eigenvalue weighted by Gasteiger charge is -2.10. The first-order chi connectivity index (χ1) is 12.5. The van der Waals surface area contributed by atoms with Crippen LogP contribution in [0.2, 0.25) is 0 Å². The van der Waals surface area contributed by atoms with E-state index in [4.69, 9.17) is 25.2 Å². The molecule has 0 unspecified atom stereocenters. The Morgan fingerprint density at radius 3 is 2.27 bits per heavy atom. The number of rotatable bonds is 6. The minimum atomic E-state index is -0.832. The second-order valence-corrected chi connectivity index (χ2v) is 5.06.